The molecule has 0 aromatic carbocycles. The van der Waals surface area contributed by atoms with Crippen LogP contribution in [0, 0.1) is 12.3 Å². The van der Waals surface area contributed by atoms with Gasteiger partial charge in [0.1, 0.15) is 0 Å². The largest absolute Gasteiger partial charge is 0.481 e. The lowest BCUT2D eigenvalue weighted by atomic mass is 9.75. The fourth-order valence-electron chi connectivity index (χ4n) is 3.03. The fourth-order valence-corrected chi connectivity index (χ4v) is 3.03. The summed E-state index contributed by atoms with van der Waals surface area (Å²) in [7, 11) is 1.94. The molecule has 21 heavy (non-hydrogen) atoms. The van der Waals surface area contributed by atoms with Crippen LogP contribution in [0.15, 0.2) is 18.7 Å². The normalized spacial score (nSPS) is 18.6. The molecule has 5 nitrogen and oxygen atoms in total. The van der Waals surface area contributed by atoms with Gasteiger partial charge in [-0.2, -0.15) is 5.10 Å². The van der Waals surface area contributed by atoms with Crippen LogP contribution in [-0.2, 0) is 18.4 Å². The Kier molecular flexibility index (Phi) is 4.83. The number of likely N-dealkylation sites (tertiary alicyclic amines) is 1. The number of allylic oxidation sites excluding steroid dienone is 1. The van der Waals surface area contributed by atoms with Crippen LogP contribution in [-0.4, -0.2) is 38.8 Å². The molecule has 0 unspecified atom stereocenters. The molecule has 0 bridgehead atoms. The van der Waals surface area contributed by atoms with E-state index in [9.17, 15) is 9.90 Å². The molecule has 1 N–H and O–H groups in total. The van der Waals surface area contributed by atoms with Crippen LogP contribution in [0.1, 0.15) is 37.1 Å². The van der Waals surface area contributed by atoms with Crippen molar-refractivity contribution in [2.45, 2.75) is 39.2 Å². The van der Waals surface area contributed by atoms with E-state index in [1.54, 1.807) is 0 Å². The molecule has 1 fully saturated rings. The van der Waals surface area contributed by atoms with E-state index in [2.05, 4.69) is 22.6 Å². The molecular formula is C16H25N3O2. The number of rotatable bonds is 6. The molecule has 1 aromatic rings. The third kappa shape index (κ3) is 3.53. The Labute approximate surface area is 126 Å². The van der Waals surface area contributed by atoms with E-state index in [0.717, 1.165) is 37.4 Å². The third-order valence-corrected chi connectivity index (χ3v) is 4.64. The van der Waals surface area contributed by atoms with Crippen molar-refractivity contribution in [3.8, 4) is 0 Å². The molecule has 0 radical (unpaired) electrons. The van der Waals surface area contributed by atoms with Crippen LogP contribution in [0.2, 0.25) is 0 Å². The van der Waals surface area contributed by atoms with Gasteiger partial charge < -0.3 is 5.11 Å². The summed E-state index contributed by atoms with van der Waals surface area (Å²) in [6.45, 7) is 8.18. The number of carboxylic acid groups (broad SMARTS) is 1. The van der Waals surface area contributed by atoms with Crippen molar-refractivity contribution in [3.63, 3.8) is 0 Å². The van der Waals surface area contributed by atoms with E-state index in [1.807, 2.05) is 24.7 Å². The van der Waals surface area contributed by atoms with Gasteiger partial charge in [0.05, 0.1) is 11.1 Å². The van der Waals surface area contributed by atoms with Gasteiger partial charge in [0.2, 0.25) is 0 Å². The van der Waals surface area contributed by atoms with E-state index in [1.165, 1.54) is 0 Å². The van der Waals surface area contributed by atoms with Gasteiger partial charge >= 0.3 is 5.97 Å². The molecule has 2 heterocycles. The Morgan fingerprint density at radius 2 is 2.19 bits per heavy atom. The number of piperidine rings is 1. The number of aryl methyl sites for hydroxylation is 2. The highest BCUT2D eigenvalue weighted by Crippen LogP contribution is 2.37. The molecule has 2 rings (SSSR count). The molecule has 0 spiro atoms. The number of hydrogen-bond donors (Lipinski definition) is 1. The number of hydrogen-bond acceptors (Lipinski definition) is 3. The molecule has 1 aliphatic heterocycles. The Balaban J connectivity index is 1.94. The molecule has 116 valence electrons. The number of aliphatic carboxylic acids is 1. The molecule has 0 saturated carbocycles. The number of carbonyl (C=O) groups is 1. The van der Waals surface area contributed by atoms with Gasteiger partial charge in [0.25, 0.3) is 0 Å². The lowest BCUT2D eigenvalue weighted by Crippen LogP contribution is -2.44. The van der Waals surface area contributed by atoms with Gasteiger partial charge in [-0.25, -0.2) is 0 Å². The van der Waals surface area contributed by atoms with E-state index in [0.29, 0.717) is 19.3 Å². The number of nitrogens with zero attached hydrogens (tertiary/aromatic N) is 3. The van der Waals surface area contributed by atoms with Gasteiger partial charge in [0.15, 0.2) is 0 Å². The Hall–Kier alpha value is -1.62. The van der Waals surface area contributed by atoms with Crippen LogP contribution in [0.3, 0.4) is 0 Å². The maximum atomic E-state index is 11.6. The molecule has 1 aliphatic rings. The Morgan fingerprint density at radius 3 is 2.67 bits per heavy atom. The van der Waals surface area contributed by atoms with Gasteiger partial charge in [-0.1, -0.05) is 6.08 Å². The van der Waals surface area contributed by atoms with Crippen LogP contribution >= 0.6 is 0 Å². The topological polar surface area (TPSA) is 58.4 Å². The molecule has 1 aromatic heterocycles. The van der Waals surface area contributed by atoms with Crippen molar-refractivity contribution in [2.75, 3.05) is 13.1 Å². The SMILES string of the molecule is C=CCCC1(C(=O)O)CCN(Cc2cc(C)n(C)n2)CC1. The van der Waals surface area contributed by atoms with Gasteiger partial charge in [0, 0.05) is 19.3 Å². The van der Waals surface area contributed by atoms with Crippen LogP contribution < -0.4 is 0 Å². The highest BCUT2D eigenvalue weighted by atomic mass is 16.4. The van der Waals surface area contributed by atoms with Crippen LogP contribution in [0.4, 0.5) is 0 Å². The molecule has 0 atom stereocenters. The summed E-state index contributed by atoms with van der Waals surface area (Å²) in [4.78, 5) is 13.9. The summed E-state index contributed by atoms with van der Waals surface area (Å²) in [5, 5.41) is 14.0. The third-order valence-electron chi connectivity index (χ3n) is 4.64. The smallest absolute Gasteiger partial charge is 0.309 e. The maximum absolute atomic E-state index is 11.6. The minimum atomic E-state index is -0.655. The highest BCUT2D eigenvalue weighted by molar-refractivity contribution is 5.74. The summed E-state index contributed by atoms with van der Waals surface area (Å²) >= 11 is 0. The van der Waals surface area contributed by atoms with E-state index < -0.39 is 11.4 Å². The predicted octanol–water partition coefficient (Wildman–Crippen LogP) is 2.36. The standard InChI is InChI=1S/C16H25N3O2/c1-4-5-6-16(15(20)21)7-9-19(10-8-16)12-14-11-13(2)18(3)17-14/h4,11H,1,5-10,12H2,2-3H3,(H,20,21). The summed E-state index contributed by atoms with van der Waals surface area (Å²) in [6.07, 6.45) is 4.70. The molecule has 1 saturated heterocycles. The lowest BCUT2D eigenvalue weighted by molar-refractivity contribution is -0.152. The van der Waals surface area contributed by atoms with Crippen molar-refractivity contribution in [3.05, 3.63) is 30.1 Å². The second-order valence-electron chi connectivity index (χ2n) is 6.09. The zero-order chi connectivity index (χ0) is 15.5. The zero-order valence-electron chi connectivity index (χ0n) is 13.0. The molecule has 0 amide bonds. The van der Waals surface area contributed by atoms with Crippen molar-refractivity contribution < 1.29 is 9.90 Å². The van der Waals surface area contributed by atoms with Crippen LogP contribution in [0.5, 0.6) is 0 Å². The molecular weight excluding hydrogens is 266 g/mol. The summed E-state index contributed by atoms with van der Waals surface area (Å²) in [6, 6.07) is 2.09. The average molecular weight is 291 g/mol. The average Bonchev–Trinajstić information content (AvgIpc) is 2.76. The van der Waals surface area contributed by atoms with Crippen molar-refractivity contribution >= 4 is 5.97 Å². The van der Waals surface area contributed by atoms with Crippen LogP contribution in [0.25, 0.3) is 0 Å². The van der Waals surface area contributed by atoms with Gasteiger partial charge in [-0.05, 0) is 51.8 Å². The first-order valence-corrected chi connectivity index (χ1v) is 7.53. The predicted molar refractivity (Wildman–Crippen MR) is 82.0 cm³/mol. The zero-order valence-corrected chi connectivity index (χ0v) is 13.0. The highest BCUT2D eigenvalue weighted by Gasteiger charge is 2.40. The van der Waals surface area contributed by atoms with E-state index in [4.69, 9.17) is 0 Å². The van der Waals surface area contributed by atoms with Crippen molar-refractivity contribution in [1.82, 2.24) is 14.7 Å². The van der Waals surface area contributed by atoms with Gasteiger partial charge in [-0.3, -0.25) is 14.4 Å². The first kappa shape index (κ1) is 15.8. The quantitative estimate of drug-likeness (QED) is 0.817. The van der Waals surface area contributed by atoms with Crippen molar-refractivity contribution in [1.29, 1.82) is 0 Å². The second-order valence-corrected chi connectivity index (χ2v) is 6.09. The summed E-state index contributed by atoms with van der Waals surface area (Å²) in [5.74, 6) is -0.655. The first-order chi connectivity index (χ1) is 9.97. The van der Waals surface area contributed by atoms with E-state index in [-0.39, 0.29) is 0 Å². The molecule has 0 aliphatic carbocycles. The molecule has 5 heteroatoms. The number of aromatic nitrogens is 2. The summed E-state index contributed by atoms with van der Waals surface area (Å²) < 4.78 is 1.88. The summed E-state index contributed by atoms with van der Waals surface area (Å²) in [5.41, 5.74) is 1.64. The Bertz CT molecular complexity index is 494. The van der Waals surface area contributed by atoms with E-state index >= 15 is 0 Å². The van der Waals surface area contributed by atoms with Crippen molar-refractivity contribution in [2.24, 2.45) is 12.5 Å². The number of carboxylic acids is 1. The lowest BCUT2D eigenvalue weighted by Gasteiger charge is -2.38. The minimum absolute atomic E-state index is 0.565. The minimum Gasteiger partial charge on any atom is -0.481 e. The van der Waals surface area contributed by atoms with Gasteiger partial charge in [-0.15, -0.1) is 6.58 Å². The monoisotopic (exact) mass is 291 g/mol. The maximum Gasteiger partial charge on any atom is 0.309 e. The second kappa shape index (κ2) is 6.43. The Morgan fingerprint density at radius 1 is 1.52 bits per heavy atom. The fraction of sp³-hybridized carbons (Fsp3) is 0.625. The first-order valence-electron chi connectivity index (χ1n) is 7.53.